The van der Waals surface area contributed by atoms with Gasteiger partial charge in [-0.1, -0.05) is 0 Å². The fourth-order valence-electron chi connectivity index (χ4n) is 2.86. The van der Waals surface area contributed by atoms with E-state index in [-0.39, 0.29) is 41.8 Å². The Labute approximate surface area is 173 Å². The summed E-state index contributed by atoms with van der Waals surface area (Å²) in [5.74, 6) is -0.858. The standard InChI is InChI=1S/C19H25N7O4/c1-10-16(30-10)17(27)24-11-6-13(22-8-11)19(29)26(3)12-7-14(23-9-12)18(28)25(2)5-4-15(20)21/h6-10,16,22-23H,4-5H2,1-3H3,(H3,20,21)(H,24,27). The number of hydrogen-bond donors (Lipinski definition) is 5. The predicted octanol–water partition coefficient (Wildman–Crippen LogP) is 0.743. The third kappa shape index (κ3) is 4.69. The summed E-state index contributed by atoms with van der Waals surface area (Å²) in [7, 11) is 3.20. The topological polar surface area (TPSA) is 164 Å². The number of rotatable bonds is 8. The van der Waals surface area contributed by atoms with Crippen molar-refractivity contribution in [3.63, 3.8) is 0 Å². The zero-order chi connectivity index (χ0) is 22.0. The summed E-state index contributed by atoms with van der Waals surface area (Å²) in [6, 6.07) is 3.11. The van der Waals surface area contributed by atoms with Gasteiger partial charge in [-0.15, -0.1) is 0 Å². The van der Waals surface area contributed by atoms with Crippen LogP contribution in [0, 0.1) is 5.41 Å². The molecule has 30 heavy (non-hydrogen) atoms. The molecule has 2 aromatic heterocycles. The summed E-state index contributed by atoms with van der Waals surface area (Å²) >= 11 is 0. The maximum Gasteiger partial charge on any atom is 0.274 e. The van der Waals surface area contributed by atoms with E-state index in [4.69, 9.17) is 15.9 Å². The second kappa shape index (κ2) is 8.41. The summed E-state index contributed by atoms with van der Waals surface area (Å²) in [6.45, 7) is 2.13. The Kier molecular flexibility index (Phi) is 5.92. The zero-order valence-electron chi connectivity index (χ0n) is 17.0. The van der Waals surface area contributed by atoms with E-state index in [1.54, 1.807) is 26.4 Å². The lowest BCUT2D eigenvalue weighted by atomic mass is 10.3. The van der Waals surface area contributed by atoms with Crippen LogP contribution in [0.2, 0.25) is 0 Å². The fraction of sp³-hybridized carbons (Fsp3) is 0.368. The van der Waals surface area contributed by atoms with Gasteiger partial charge in [0.1, 0.15) is 11.4 Å². The third-order valence-corrected chi connectivity index (χ3v) is 4.80. The van der Waals surface area contributed by atoms with Crippen LogP contribution in [-0.2, 0) is 9.53 Å². The molecule has 0 bridgehead atoms. The first-order chi connectivity index (χ1) is 14.2. The molecule has 160 valence electrons. The lowest BCUT2D eigenvalue weighted by Gasteiger charge is -2.16. The van der Waals surface area contributed by atoms with Crippen LogP contribution in [0.1, 0.15) is 34.3 Å². The number of aromatic amines is 2. The van der Waals surface area contributed by atoms with E-state index in [0.717, 1.165) is 0 Å². The molecule has 0 aromatic carbocycles. The van der Waals surface area contributed by atoms with E-state index in [9.17, 15) is 14.4 Å². The Morgan fingerprint density at radius 2 is 1.80 bits per heavy atom. The highest BCUT2D eigenvalue weighted by Gasteiger charge is 2.41. The van der Waals surface area contributed by atoms with Crippen LogP contribution in [-0.4, -0.2) is 71.3 Å². The van der Waals surface area contributed by atoms with Crippen LogP contribution in [0.3, 0.4) is 0 Å². The number of anilines is 2. The summed E-state index contributed by atoms with van der Waals surface area (Å²) in [5.41, 5.74) is 6.89. The van der Waals surface area contributed by atoms with Gasteiger partial charge in [0, 0.05) is 39.5 Å². The van der Waals surface area contributed by atoms with Crippen molar-refractivity contribution in [2.24, 2.45) is 5.73 Å². The zero-order valence-corrected chi connectivity index (χ0v) is 17.0. The van der Waals surface area contributed by atoms with Crippen molar-refractivity contribution >= 4 is 34.9 Å². The largest absolute Gasteiger partial charge is 0.388 e. The van der Waals surface area contributed by atoms with E-state index < -0.39 is 6.10 Å². The average molecular weight is 415 g/mol. The lowest BCUT2D eigenvalue weighted by molar-refractivity contribution is -0.117. The molecule has 3 rings (SSSR count). The molecule has 1 saturated heterocycles. The molecule has 0 saturated carbocycles. The Morgan fingerprint density at radius 3 is 2.43 bits per heavy atom. The Bertz CT molecular complexity index is 979. The Balaban J connectivity index is 1.62. The molecule has 11 nitrogen and oxygen atoms in total. The lowest BCUT2D eigenvalue weighted by Crippen LogP contribution is -2.30. The molecule has 0 aliphatic carbocycles. The van der Waals surface area contributed by atoms with Crippen molar-refractivity contribution in [1.29, 1.82) is 5.41 Å². The molecule has 6 N–H and O–H groups in total. The number of H-pyrrole nitrogens is 2. The number of amidine groups is 1. The molecule has 11 heteroatoms. The van der Waals surface area contributed by atoms with Gasteiger partial charge in [0.05, 0.1) is 23.3 Å². The molecule has 2 unspecified atom stereocenters. The normalized spacial score (nSPS) is 17.3. The molecule has 0 spiro atoms. The summed E-state index contributed by atoms with van der Waals surface area (Å²) in [6.07, 6.45) is 2.82. The number of nitrogens with one attached hydrogen (secondary N) is 4. The maximum atomic E-state index is 12.7. The van der Waals surface area contributed by atoms with Crippen molar-refractivity contribution < 1.29 is 19.1 Å². The molecule has 2 aromatic rings. The van der Waals surface area contributed by atoms with Crippen molar-refractivity contribution in [2.75, 3.05) is 30.9 Å². The van der Waals surface area contributed by atoms with Gasteiger partial charge < -0.3 is 35.6 Å². The summed E-state index contributed by atoms with van der Waals surface area (Å²) in [5, 5.41) is 9.94. The molecule has 1 aliphatic rings. The molecule has 2 atom stereocenters. The van der Waals surface area contributed by atoms with Crippen molar-refractivity contribution in [3.8, 4) is 0 Å². The first kappa shape index (κ1) is 21.1. The number of nitrogens with two attached hydrogens (primary N) is 1. The van der Waals surface area contributed by atoms with Crippen LogP contribution in [0.5, 0.6) is 0 Å². The number of amides is 3. The molecule has 1 aliphatic heterocycles. The minimum Gasteiger partial charge on any atom is -0.388 e. The summed E-state index contributed by atoms with van der Waals surface area (Å²) in [4.78, 5) is 45.6. The average Bonchev–Trinajstić information content (AvgIpc) is 3.11. The number of epoxide rings is 1. The second-order valence-electron chi connectivity index (χ2n) is 7.19. The van der Waals surface area contributed by atoms with E-state index in [1.807, 2.05) is 6.92 Å². The van der Waals surface area contributed by atoms with Crippen LogP contribution >= 0.6 is 0 Å². The van der Waals surface area contributed by atoms with Gasteiger partial charge in [-0.05, 0) is 19.1 Å². The molecular formula is C19H25N7O4. The minimum atomic E-state index is -0.453. The first-order valence-electron chi connectivity index (χ1n) is 9.37. The monoisotopic (exact) mass is 415 g/mol. The van der Waals surface area contributed by atoms with E-state index in [1.165, 1.54) is 22.1 Å². The van der Waals surface area contributed by atoms with Gasteiger partial charge in [0.2, 0.25) is 0 Å². The van der Waals surface area contributed by atoms with E-state index >= 15 is 0 Å². The molecule has 3 amide bonds. The SMILES string of the molecule is CC1OC1C(=O)Nc1c[nH]c(C(=O)N(C)c2c[nH]c(C(=O)N(C)CCC(=N)N)c2)c1. The predicted molar refractivity (Wildman–Crippen MR) is 111 cm³/mol. The van der Waals surface area contributed by atoms with Crippen LogP contribution in [0.25, 0.3) is 0 Å². The van der Waals surface area contributed by atoms with Gasteiger partial charge >= 0.3 is 0 Å². The molecular weight excluding hydrogens is 390 g/mol. The van der Waals surface area contributed by atoms with E-state index in [0.29, 0.717) is 23.6 Å². The summed E-state index contributed by atoms with van der Waals surface area (Å²) < 4.78 is 5.12. The number of nitrogens with zero attached hydrogens (tertiary/aromatic N) is 2. The second-order valence-corrected chi connectivity index (χ2v) is 7.19. The number of carbonyl (C=O) groups is 3. The van der Waals surface area contributed by atoms with E-state index in [2.05, 4.69) is 15.3 Å². The quantitative estimate of drug-likeness (QED) is 0.243. The number of ether oxygens (including phenoxy) is 1. The van der Waals surface area contributed by atoms with Gasteiger partial charge in [0.25, 0.3) is 17.7 Å². The minimum absolute atomic E-state index is 0.00725. The number of aromatic nitrogens is 2. The van der Waals surface area contributed by atoms with Crippen LogP contribution in [0.4, 0.5) is 11.4 Å². The van der Waals surface area contributed by atoms with Crippen molar-refractivity contribution in [3.05, 3.63) is 35.9 Å². The van der Waals surface area contributed by atoms with Gasteiger partial charge in [-0.25, -0.2) is 0 Å². The van der Waals surface area contributed by atoms with Gasteiger partial charge in [-0.2, -0.15) is 0 Å². The van der Waals surface area contributed by atoms with Gasteiger partial charge in [0.15, 0.2) is 6.10 Å². The Hall–Kier alpha value is -3.60. The number of hydrogen-bond acceptors (Lipinski definition) is 5. The highest BCUT2D eigenvalue weighted by molar-refractivity contribution is 6.06. The molecule has 1 fully saturated rings. The number of carbonyl (C=O) groups excluding carboxylic acids is 3. The van der Waals surface area contributed by atoms with Crippen molar-refractivity contribution in [2.45, 2.75) is 25.6 Å². The Morgan fingerprint density at radius 1 is 1.17 bits per heavy atom. The molecule has 0 radical (unpaired) electrons. The third-order valence-electron chi connectivity index (χ3n) is 4.80. The van der Waals surface area contributed by atoms with Crippen LogP contribution in [0.15, 0.2) is 24.5 Å². The fourth-order valence-corrected chi connectivity index (χ4v) is 2.86. The molecule has 3 heterocycles. The van der Waals surface area contributed by atoms with Crippen molar-refractivity contribution in [1.82, 2.24) is 14.9 Å². The highest BCUT2D eigenvalue weighted by Crippen LogP contribution is 2.23. The maximum absolute atomic E-state index is 12.7. The smallest absolute Gasteiger partial charge is 0.274 e. The van der Waals surface area contributed by atoms with Gasteiger partial charge in [-0.3, -0.25) is 19.8 Å². The first-order valence-corrected chi connectivity index (χ1v) is 9.37. The van der Waals surface area contributed by atoms with Crippen LogP contribution < -0.4 is 16.0 Å². The highest BCUT2D eigenvalue weighted by atomic mass is 16.6.